The van der Waals surface area contributed by atoms with Gasteiger partial charge in [-0.15, -0.1) is 0 Å². The van der Waals surface area contributed by atoms with Crippen molar-refractivity contribution in [3.63, 3.8) is 0 Å². The second kappa shape index (κ2) is 10.3. The first kappa shape index (κ1) is 18.5. The van der Waals surface area contributed by atoms with Gasteiger partial charge in [-0.05, 0) is 30.6 Å². The average molecular weight is 270 g/mol. The van der Waals surface area contributed by atoms with Crippen molar-refractivity contribution in [1.29, 1.82) is 0 Å². The molecule has 0 aromatic rings. The molecule has 0 unspecified atom stereocenters. The van der Waals surface area contributed by atoms with Gasteiger partial charge in [-0.3, -0.25) is 4.79 Å². The average Bonchev–Trinajstić information content (AvgIpc) is 2.24. The van der Waals surface area contributed by atoms with Crippen LogP contribution in [0.1, 0.15) is 91.9 Å². The highest BCUT2D eigenvalue weighted by molar-refractivity contribution is 5.66. The lowest BCUT2D eigenvalue weighted by Gasteiger charge is -2.26. The first-order valence-electron chi connectivity index (χ1n) is 8.05. The second-order valence-electron chi connectivity index (χ2n) is 7.13. The van der Waals surface area contributed by atoms with Crippen LogP contribution in [0.5, 0.6) is 0 Å². The molecule has 19 heavy (non-hydrogen) atoms. The van der Waals surface area contributed by atoms with Gasteiger partial charge < -0.3 is 5.11 Å². The summed E-state index contributed by atoms with van der Waals surface area (Å²) in [6, 6.07) is 0. The maximum absolute atomic E-state index is 10.3. The van der Waals surface area contributed by atoms with Crippen LogP contribution in [0.3, 0.4) is 0 Å². The summed E-state index contributed by atoms with van der Waals surface area (Å²) in [5.74, 6) is 0.136. The molecular weight excluding hydrogens is 236 g/mol. The maximum Gasteiger partial charge on any atom is 0.303 e. The van der Waals surface area contributed by atoms with E-state index in [2.05, 4.69) is 27.7 Å². The molecule has 0 amide bonds. The summed E-state index contributed by atoms with van der Waals surface area (Å²) in [4.78, 5) is 10.3. The number of carboxylic acids is 1. The fourth-order valence-electron chi connectivity index (χ4n) is 2.97. The van der Waals surface area contributed by atoms with Crippen molar-refractivity contribution in [2.75, 3.05) is 0 Å². The van der Waals surface area contributed by atoms with E-state index in [1.54, 1.807) is 0 Å². The Morgan fingerprint density at radius 2 is 1.42 bits per heavy atom. The molecular formula is C17H34O2. The number of aliphatic carboxylic acids is 1. The number of rotatable bonds is 12. The molecule has 0 aromatic heterocycles. The summed E-state index contributed by atoms with van der Waals surface area (Å²) in [6.45, 7) is 9.38. The fourth-order valence-corrected chi connectivity index (χ4v) is 2.97. The minimum Gasteiger partial charge on any atom is -0.481 e. The van der Waals surface area contributed by atoms with E-state index in [9.17, 15) is 4.79 Å². The van der Waals surface area contributed by atoms with Crippen LogP contribution in [0.25, 0.3) is 0 Å². The quantitative estimate of drug-likeness (QED) is 0.465. The Balaban J connectivity index is 3.33. The molecule has 0 aromatic carbocycles. The summed E-state index contributed by atoms with van der Waals surface area (Å²) in [5, 5.41) is 8.52. The number of carboxylic acid groups (broad SMARTS) is 1. The minimum absolute atomic E-state index is 0.337. The Kier molecular flexibility index (Phi) is 9.99. The summed E-state index contributed by atoms with van der Waals surface area (Å²) >= 11 is 0. The smallest absolute Gasteiger partial charge is 0.303 e. The van der Waals surface area contributed by atoms with E-state index in [0.29, 0.717) is 11.8 Å². The van der Waals surface area contributed by atoms with Gasteiger partial charge in [0.1, 0.15) is 0 Å². The van der Waals surface area contributed by atoms with Crippen LogP contribution in [-0.2, 0) is 4.79 Å². The van der Waals surface area contributed by atoms with Crippen molar-refractivity contribution in [1.82, 2.24) is 0 Å². The molecule has 0 saturated heterocycles. The van der Waals surface area contributed by atoms with Crippen molar-refractivity contribution < 1.29 is 9.90 Å². The highest BCUT2D eigenvalue weighted by atomic mass is 16.4. The van der Waals surface area contributed by atoms with Gasteiger partial charge in [0.2, 0.25) is 0 Å². The molecule has 0 aliphatic rings. The maximum atomic E-state index is 10.3. The fraction of sp³-hybridized carbons (Fsp3) is 0.941. The van der Waals surface area contributed by atoms with Gasteiger partial charge in [0.05, 0.1) is 0 Å². The lowest BCUT2D eigenvalue weighted by Crippen LogP contribution is -2.14. The Bertz CT molecular complexity index is 231. The van der Waals surface area contributed by atoms with Gasteiger partial charge in [0, 0.05) is 6.42 Å². The largest absolute Gasteiger partial charge is 0.481 e. The molecule has 0 heterocycles. The van der Waals surface area contributed by atoms with Gasteiger partial charge in [-0.25, -0.2) is 0 Å². The van der Waals surface area contributed by atoms with Crippen molar-refractivity contribution in [2.45, 2.75) is 91.9 Å². The summed E-state index contributed by atoms with van der Waals surface area (Å²) in [7, 11) is 0. The number of unbranched alkanes of at least 4 members (excludes halogenated alkanes) is 6. The van der Waals surface area contributed by atoms with Crippen LogP contribution >= 0.6 is 0 Å². The lowest BCUT2D eigenvalue weighted by molar-refractivity contribution is -0.137. The zero-order chi connectivity index (χ0) is 14.7. The van der Waals surface area contributed by atoms with E-state index < -0.39 is 5.97 Å². The lowest BCUT2D eigenvalue weighted by atomic mass is 9.79. The first-order valence-corrected chi connectivity index (χ1v) is 8.05. The molecule has 0 radical (unpaired) electrons. The van der Waals surface area contributed by atoms with Crippen molar-refractivity contribution >= 4 is 5.97 Å². The Morgan fingerprint density at radius 3 is 1.89 bits per heavy atom. The van der Waals surface area contributed by atoms with Crippen LogP contribution < -0.4 is 0 Å². The minimum atomic E-state index is -0.660. The van der Waals surface area contributed by atoms with E-state index in [0.717, 1.165) is 18.8 Å². The Morgan fingerprint density at radius 1 is 0.947 bits per heavy atom. The van der Waals surface area contributed by atoms with Gasteiger partial charge in [-0.2, -0.15) is 0 Å². The van der Waals surface area contributed by atoms with Crippen molar-refractivity contribution in [2.24, 2.45) is 11.3 Å². The van der Waals surface area contributed by atoms with E-state index in [-0.39, 0.29) is 0 Å². The normalized spacial score (nSPS) is 12.1. The predicted octanol–water partition coefficient (Wildman–Crippen LogP) is 5.65. The number of hydrogen-bond acceptors (Lipinski definition) is 1. The molecule has 0 aliphatic heterocycles. The highest BCUT2D eigenvalue weighted by Gasteiger charge is 2.18. The summed E-state index contributed by atoms with van der Waals surface area (Å²) in [5.41, 5.74) is 0.496. The monoisotopic (exact) mass is 270 g/mol. The Hall–Kier alpha value is -0.530. The molecule has 2 nitrogen and oxygen atoms in total. The first-order chi connectivity index (χ1) is 8.83. The summed E-state index contributed by atoms with van der Waals surface area (Å²) in [6.07, 6.45) is 11.4. The third-order valence-corrected chi connectivity index (χ3v) is 3.71. The van der Waals surface area contributed by atoms with E-state index >= 15 is 0 Å². The third kappa shape index (κ3) is 13.7. The molecule has 114 valence electrons. The molecule has 0 spiro atoms. The van der Waals surface area contributed by atoms with Crippen LogP contribution in [0.15, 0.2) is 0 Å². The van der Waals surface area contributed by atoms with E-state index in [1.807, 2.05) is 0 Å². The standard InChI is InChI=1S/C17H34O2/c1-15(2)14-17(3,4)13-11-9-7-5-6-8-10-12-16(18)19/h15H,5-14H2,1-4H3,(H,18,19). The third-order valence-electron chi connectivity index (χ3n) is 3.71. The topological polar surface area (TPSA) is 37.3 Å². The van der Waals surface area contributed by atoms with Gasteiger partial charge >= 0.3 is 5.97 Å². The van der Waals surface area contributed by atoms with Gasteiger partial charge in [0.25, 0.3) is 0 Å². The SMILES string of the molecule is CC(C)CC(C)(C)CCCCCCCCCC(=O)O. The number of hydrogen-bond donors (Lipinski definition) is 1. The van der Waals surface area contributed by atoms with Gasteiger partial charge in [-0.1, -0.05) is 66.2 Å². The van der Waals surface area contributed by atoms with Crippen LogP contribution in [0.2, 0.25) is 0 Å². The summed E-state index contributed by atoms with van der Waals surface area (Å²) < 4.78 is 0. The van der Waals surface area contributed by atoms with Crippen LogP contribution in [-0.4, -0.2) is 11.1 Å². The molecule has 0 saturated carbocycles. The zero-order valence-corrected chi connectivity index (χ0v) is 13.5. The molecule has 0 rings (SSSR count). The second-order valence-corrected chi connectivity index (χ2v) is 7.13. The number of carbonyl (C=O) groups is 1. The van der Waals surface area contributed by atoms with E-state index in [1.165, 1.54) is 44.9 Å². The van der Waals surface area contributed by atoms with Crippen molar-refractivity contribution in [3.05, 3.63) is 0 Å². The molecule has 0 aliphatic carbocycles. The van der Waals surface area contributed by atoms with Crippen LogP contribution in [0, 0.1) is 11.3 Å². The molecule has 2 heteroatoms. The van der Waals surface area contributed by atoms with Crippen LogP contribution in [0.4, 0.5) is 0 Å². The highest BCUT2D eigenvalue weighted by Crippen LogP contribution is 2.31. The van der Waals surface area contributed by atoms with Gasteiger partial charge in [0.15, 0.2) is 0 Å². The van der Waals surface area contributed by atoms with Crippen molar-refractivity contribution in [3.8, 4) is 0 Å². The Labute approximate surface area is 120 Å². The molecule has 0 atom stereocenters. The zero-order valence-electron chi connectivity index (χ0n) is 13.5. The molecule has 1 N–H and O–H groups in total. The predicted molar refractivity (Wildman–Crippen MR) is 82.4 cm³/mol. The van der Waals surface area contributed by atoms with E-state index in [4.69, 9.17) is 5.11 Å². The molecule has 0 bridgehead atoms. The molecule has 0 fully saturated rings.